The minimum Gasteiger partial charge on any atom is -0.497 e. The molecule has 0 bridgehead atoms. The lowest BCUT2D eigenvalue weighted by Crippen LogP contribution is -2.44. The molecule has 2 amide bonds. The number of hydrogen-bond acceptors (Lipinski definition) is 6. The maximum atomic E-state index is 13.2. The largest absolute Gasteiger partial charge is 0.497 e. The zero-order chi connectivity index (χ0) is 21.5. The van der Waals surface area contributed by atoms with Crippen molar-refractivity contribution in [3.8, 4) is 5.75 Å². The first-order valence-corrected chi connectivity index (χ1v) is 10.1. The van der Waals surface area contributed by atoms with Gasteiger partial charge in [-0.1, -0.05) is 36.0 Å². The van der Waals surface area contributed by atoms with E-state index in [1.165, 1.54) is 30.9 Å². The molecular weight excluding hydrogens is 404 g/mol. The van der Waals surface area contributed by atoms with E-state index in [1.807, 2.05) is 54.6 Å². The van der Waals surface area contributed by atoms with Gasteiger partial charge in [-0.3, -0.25) is 14.5 Å². The maximum absolute atomic E-state index is 13.2. The number of carbonyl (C=O) groups excluding carboxylic acids is 2. The number of thioether (sulfide) groups is 1. The van der Waals surface area contributed by atoms with Crippen molar-refractivity contribution in [2.45, 2.75) is 11.2 Å². The predicted molar refractivity (Wildman–Crippen MR) is 116 cm³/mol. The number of nitrogens with one attached hydrogen (secondary N) is 1. The lowest BCUT2D eigenvalue weighted by molar-refractivity contribution is -0.127. The summed E-state index contributed by atoms with van der Waals surface area (Å²) in [6.45, 7) is 0.0926. The van der Waals surface area contributed by atoms with Crippen LogP contribution in [0.25, 0.3) is 6.08 Å². The molecule has 0 atom stereocenters. The SMILES string of the molecule is COc1ccc(C=C2Sc3ccccc3N(CC(=O)NCC(OC)OC)C2=O)cc1. The van der Waals surface area contributed by atoms with Crippen molar-refractivity contribution in [1.29, 1.82) is 0 Å². The minimum atomic E-state index is -0.542. The maximum Gasteiger partial charge on any atom is 0.265 e. The Hall–Kier alpha value is -2.81. The number of ether oxygens (including phenoxy) is 3. The van der Waals surface area contributed by atoms with Gasteiger partial charge in [0.2, 0.25) is 5.91 Å². The van der Waals surface area contributed by atoms with E-state index in [4.69, 9.17) is 14.2 Å². The van der Waals surface area contributed by atoms with E-state index < -0.39 is 6.29 Å². The lowest BCUT2D eigenvalue weighted by atomic mass is 10.2. The molecule has 158 valence electrons. The number of benzene rings is 2. The van der Waals surface area contributed by atoms with Gasteiger partial charge in [-0.25, -0.2) is 0 Å². The van der Waals surface area contributed by atoms with Crippen LogP contribution in [0.3, 0.4) is 0 Å². The number of fused-ring (bicyclic) bond motifs is 1. The second-order valence-corrected chi connectivity index (χ2v) is 7.53. The van der Waals surface area contributed by atoms with Crippen LogP contribution < -0.4 is 15.0 Å². The highest BCUT2D eigenvalue weighted by Gasteiger charge is 2.30. The van der Waals surface area contributed by atoms with E-state index in [2.05, 4.69) is 5.32 Å². The third-order valence-electron chi connectivity index (χ3n) is 4.54. The van der Waals surface area contributed by atoms with Crippen molar-refractivity contribution < 1.29 is 23.8 Å². The molecule has 0 spiro atoms. The molecule has 0 fully saturated rings. The van der Waals surface area contributed by atoms with E-state index in [0.717, 1.165) is 16.2 Å². The molecule has 1 heterocycles. The van der Waals surface area contributed by atoms with E-state index >= 15 is 0 Å². The normalized spacial score (nSPS) is 14.7. The Kier molecular flexibility index (Phi) is 7.51. The molecule has 1 N–H and O–H groups in total. The average molecular weight is 429 g/mol. The highest BCUT2D eigenvalue weighted by molar-refractivity contribution is 8.04. The summed E-state index contributed by atoms with van der Waals surface area (Å²) in [4.78, 5) is 28.6. The van der Waals surface area contributed by atoms with Gasteiger partial charge in [0.05, 0.1) is 24.2 Å². The molecule has 30 heavy (non-hydrogen) atoms. The quantitative estimate of drug-likeness (QED) is 0.515. The van der Waals surface area contributed by atoms with Crippen LogP contribution >= 0.6 is 11.8 Å². The van der Waals surface area contributed by atoms with Gasteiger partial charge >= 0.3 is 0 Å². The van der Waals surface area contributed by atoms with Gasteiger partial charge in [0.15, 0.2) is 6.29 Å². The fraction of sp³-hybridized carbons (Fsp3) is 0.273. The molecule has 0 saturated heterocycles. The zero-order valence-corrected chi connectivity index (χ0v) is 17.9. The first-order chi connectivity index (χ1) is 14.5. The van der Waals surface area contributed by atoms with Crippen LogP contribution in [0, 0.1) is 0 Å². The molecule has 0 radical (unpaired) electrons. The van der Waals surface area contributed by atoms with E-state index in [-0.39, 0.29) is 24.9 Å². The third-order valence-corrected chi connectivity index (χ3v) is 5.62. The molecular formula is C22H24N2O5S. The van der Waals surface area contributed by atoms with Crippen LogP contribution in [0.15, 0.2) is 58.3 Å². The number of rotatable bonds is 8. The summed E-state index contributed by atoms with van der Waals surface area (Å²) in [5.74, 6) is 0.224. The second-order valence-electron chi connectivity index (χ2n) is 6.45. The Balaban J connectivity index is 1.81. The Morgan fingerprint density at radius 1 is 1.10 bits per heavy atom. The molecule has 2 aromatic carbocycles. The van der Waals surface area contributed by atoms with Crippen molar-refractivity contribution >= 4 is 35.3 Å². The molecule has 7 nitrogen and oxygen atoms in total. The lowest BCUT2D eigenvalue weighted by Gasteiger charge is -2.30. The zero-order valence-electron chi connectivity index (χ0n) is 17.1. The van der Waals surface area contributed by atoms with Gasteiger partial charge in [0.25, 0.3) is 5.91 Å². The summed E-state index contributed by atoms with van der Waals surface area (Å²) in [5, 5.41) is 2.74. The van der Waals surface area contributed by atoms with Gasteiger partial charge in [0.1, 0.15) is 12.3 Å². The van der Waals surface area contributed by atoms with Crippen molar-refractivity contribution in [2.75, 3.05) is 39.3 Å². The monoisotopic (exact) mass is 428 g/mol. The van der Waals surface area contributed by atoms with Crippen LogP contribution in [0.2, 0.25) is 0 Å². The van der Waals surface area contributed by atoms with E-state index in [1.54, 1.807) is 7.11 Å². The summed E-state index contributed by atoms with van der Waals surface area (Å²) in [6.07, 6.45) is 1.28. The van der Waals surface area contributed by atoms with Crippen molar-refractivity contribution in [2.24, 2.45) is 0 Å². The van der Waals surface area contributed by atoms with Crippen LogP contribution in [0.1, 0.15) is 5.56 Å². The van der Waals surface area contributed by atoms with Gasteiger partial charge in [-0.2, -0.15) is 0 Å². The first kappa shape index (κ1) is 21.9. The Morgan fingerprint density at radius 2 is 1.80 bits per heavy atom. The van der Waals surface area contributed by atoms with Gasteiger partial charge in [-0.15, -0.1) is 0 Å². The topological polar surface area (TPSA) is 77.1 Å². The van der Waals surface area contributed by atoms with Crippen molar-refractivity contribution in [3.63, 3.8) is 0 Å². The number of nitrogens with zero attached hydrogens (tertiary/aromatic N) is 1. The number of para-hydroxylation sites is 1. The third kappa shape index (κ3) is 5.21. The highest BCUT2D eigenvalue weighted by Crippen LogP contribution is 2.41. The van der Waals surface area contributed by atoms with Crippen LogP contribution in [-0.2, 0) is 19.1 Å². The fourth-order valence-corrected chi connectivity index (χ4v) is 3.99. The minimum absolute atomic E-state index is 0.101. The van der Waals surface area contributed by atoms with E-state index in [0.29, 0.717) is 10.6 Å². The molecule has 0 unspecified atom stereocenters. The molecule has 3 rings (SSSR count). The second kappa shape index (κ2) is 10.3. The number of hydrogen-bond donors (Lipinski definition) is 1. The Morgan fingerprint density at radius 3 is 2.47 bits per heavy atom. The molecule has 1 aliphatic heterocycles. The first-order valence-electron chi connectivity index (χ1n) is 9.32. The summed E-state index contributed by atoms with van der Waals surface area (Å²) in [7, 11) is 4.60. The molecule has 8 heteroatoms. The number of methoxy groups -OCH3 is 3. The van der Waals surface area contributed by atoms with E-state index in [9.17, 15) is 9.59 Å². The van der Waals surface area contributed by atoms with Crippen molar-refractivity contribution in [3.05, 3.63) is 59.0 Å². The van der Waals surface area contributed by atoms with Crippen LogP contribution in [0.4, 0.5) is 5.69 Å². The molecule has 2 aromatic rings. The molecule has 0 saturated carbocycles. The Labute approximate surface area is 180 Å². The van der Waals surface area contributed by atoms with Gasteiger partial charge < -0.3 is 19.5 Å². The molecule has 0 aromatic heterocycles. The number of carbonyl (C=O) groups is 2. The molecule has 0 aliphatic carbocycles. The summed E-state index contributed by atoms with van der Waals surface area (Å²) in [5.41, 5.74) is 1.59. The standard InChI is InChI=1S/C22H24N2O5S/c1-27-16-10-8-15(9-11-16)12-19-22(26)24(17-6-4-5-7-18(17)30-19)14-20(25)23-13-21(28-2)29-3/h4-12,21H,13-14H2,1-3H3,(H,23,25). The summed E-state index contributed by atoms with van der Waals surface area (Å²) < 4.78 is 15.3. The van der Waals surface area contributed by atoms with Gasteiger partial charge in [-0.05, 0) is 35.9 Å². The fourth-order valence-electron chi connectivity index (χ4n) is 2.93. The Bertz CT molecular complexity index is 925. The summed E-state index contributed by atoms with van der Waals surface area (Å²) in [6, 6.07) is 15.0. The predicted octanol–water partition coefficient (Wildman–Crippen LogP) is 2.91. The van der Waals surface area contributed by atoms with Crippen LogP contribution in [0.5, 0.6) is 5.75 Å². The highest BCUT2D eigenvalue weighted by atomic mass is 32.2. The average Bonchev–Trinajstić information content (AvgIpc) is 2.77. The number of amides is 2. The molecule has 1 aliphatic rings. The van der Waals surface area contributed by atoms with Crippen molar-refractivity contribution in [1.82, 2.24) is 5.32 Å². The van der Waals surface area contributed by atoms with Gasteiger partial charge in [0, 0.05) is 19.1 Å². The summed E-state index contributed by atoms with van der Waals surface area (Å²) >= 11 is 1.39. The number of anilines is 1. The van der Waals surface area contributed by atoms with Crippen LogP contribution in [-0.4, -0.2) is 52.5 Å². The smallest absolute Gasteiger partial charge is 0.265 e.